The molecule has 3 heterocycles. The van der Waals surface area contributed by atoms with Crippen molar-refractivity contribution in [2.75, 3.05) is 25.0 Å². The van der Waals surface area contributed by atoms with Gasteiger partial charge in [-0.2, -0.15) is 0 Å². The molecule has 5 nitrogen and oxygen atoms in total. The average Bonchev–Trinajstić information content (AvgIpc) is 3.14. The molecule has 0 radical (unpaired) electrons. The third kappa shape index (κ3) is 4.43. The molecule has 1 aromatic carbocycles. The first-order valence-electron chi connectivity index (χ1n) is 9.99. The lowest BCUT2D eigenvalue weighted by molar-refractivity contribution is 0.0924. The minimum Gasteiger partial charge on any atom is -0.445 e. The summed E-state index contributed by atoms with van der Waals surface area (Å²) in [5.41, 5.74) is 1.68. The van der Waals surface area contributed by atoms with Crippen molar-refractivity contribution in [1.29, 1.82) is 0 Å². The maximum atomic E-state index is 15.2. The van der Waals surface area contributed by atoms with E-state index in [1.54, 1.807) is 0 Å². The highest BCUT2D eigenvalue weighted by molar-refractivity contribution is 5.68. The molecule has 1 aromatic heterocycles. The van der Waals surface area contributed by atoms with Gasteiger partial charge in [-0.1, -0.05) is 36.4 Å². The SMILES string of the molecule is O=C(OCc1ccccc1)N1CCC(F)(CCc2ccc3c(n2)NCCC3)C1. The smallest absolute Gasteiger partial charge is 0.410 e. The fourth-order valence-corrected chi connectivity index (χ4v) is 3.87. The molecular formula is C22H26FN3O2. The molecule has 0 spiro atoms. The van der Waals surface area contributed by atoms with Crippen LogP contribution in [0.25, 0.3) is 0 Å². The summed E-state index contributed by atoms with van der Waals surface area (Å²) in [5.74, 6) is 0.939. The van der Waals surface area contributed by atoms with Gasteiger partial charge in [0.1, 0.15) is 18.1 Å². The molecule has 1 saturated heterocycles. The number of alkyl halides is 1. The Kier molecular flexibility index (Phi) is 5.46. The van der Waals surface area contributed by atoms with Gasteiger partial charge in [-0.3, -0.25) is 0 Å². The number of nitrogens with zero attached hydrogens (tertiary/aromatic N) is 2. The van der Waals surface area contributed by atoms with Crippen molar-refractivity contribution in [3.05, 3.63) is 59.3 Å². The summed E-state index contributed by atoms with van der Waals surface area (Å²) >= 11 is 0. The van der Waals surface area contributed by atoms with Crippen molar-refractivity contribution >= 4 is 11.9 Å². The van der Waals surface area contributed by atoms with Gasteiger partial charge in [-0.15, -0.1) is 0 Å². The van der Waals surface area contributed by atoms with E-state index in [1.165, 1.54) is 10.5 Å². The number of ether oxygens (including phenoxy) is 1. The Balaban J connectivity index is 1.28. The number of rotatable bonds is 5. The van der Waals surface area contributed by atoms with E-state index in [9.17, 15) is 4.79 Å². The number of carbonyl (C=O) groups excluding carboxylic acids is 1. The van der Waals surface area contributed by atoms with Crippen LogP contribution in [0.4, 0.5) is 15.0 Å². The number of aromatic nitrogens is 1. The number of aryl methyl sites for hydroxylation is 2. The number of hydrogen-bond donors (Lipinski definition) is 1. The van der Waals surface area contributed by atoms with Crippen LogP contribution in [0.2, 0.25) is 0 Å². The van der Waals surface area contributed by atoms with E-state index in [2.05, 4.69) is 16.4 Å². The van der Waals surface area contributed by atoms with Crippen LogP contribution in [-0.4, -0.2) is 41.3 Å². The number of carbonyl (C=O) groups is 1. The van der Waals surface area contributed by atoms with E-state index >= 15 is 4.39 Å². The number of benzene rings is 1. The second-order valence-corrected chi connectivity index (χ2v) is 7.70. The van der Waals surface area contributed by atoms with Crippen LogP contribution in [0.3, 0.4) is 0 Å². The van der Waals surface area contributed by atoms with Crippen LogP contribution in [-0.2, 0) is 24.2 Å². The second kappa shape index (κ2) is 8.17. The molecule has 2 aliphatic rings. The molecule has 148 valence electrons. The maximum absolute atomic E-state index is 15.2. The van der Waals surface area contributed by atoms with E-state index in [0.717, 1.165) is 36.5 Å². The van der Waals surface area contributed by atoms with Crippen LogP contribution < -0.4 is 5.32 Å². The molecule has 28 heavy (non-hydrogen) atoms. The zero-order valence-corrected chi connectivity index (χ0v) is 16.0. The summed E-state index contributed by atoms with van der Waals surface area (Å²) in [6, 6.07) is 13.6. The number of halogens is 1. The summed E-state index contributed by atoms with van der Waals surface area (Å²) < 4.78 is 20.5. The minimum absolute atomic E-state index is 0.0871. The summed E-state index contributed by atoms with van der Waals surface area (Å²) in [7, 11) is 0. The normalized spacial score (nSPS) is 21.1. The van der Waals surface area contributed by atoms with E-state index in [4.69, 9.17) is 4.74 Å². The highest BCUT2D eigenvalue weighted by Gasteiger charge is 2.40. The van der Waals surface area contributed by atoms with E-state index in [1.807, 2.05) is 36.4 Å². The first-order valence-corrected chi connectivity index (χ1v) is 9.99. The van der Waals surface area contributed by atoms with Gasteiger partial charge < -0.3 is 15.0 Å². The molecule has 0 aliphatic carbocycles. The number of fused-ring (bicyclic) bond motifs is 1. The molecule has 1 N–H and O–H groups in total. The quantitative estimate of drug-likeness (QED) is 0.844. The van der Waals surface area contributed by atoms with Crippen LogP contribution in [0.1, 0.15) is 36.1 Å². The predicted molar refractivity (Wildman–Crippen MR) is 106 cm³/mol. The third-order valence-electron chi connectivity index (χ3n) is 5.55. The zero-order chi connectivity index (χ0) is 19.4. The van der Waals surface area contributed by atoms with Gasteiger partial charge in [0.05, 0.1) is 6.54 Å². The molecule has 1 amide bonds. The van der Waals surface area contributed by atoms with Crippen molar-refractivity contribution in [1.82, 2.24) is 9.88 Å². The highest BCUT2D eigenvalue weighted by Crippen LogP contribution is 2.31. The topological polar surface area (TPSA) is 54.5 Å². The molecular weight excluding hydrogens is 357 g/mol. The first kappa shape index (κ1) is 18.7. The van der Waals surface area contributed by atoms with Gasteiger partial charge in [-0.05, 0) is 42.9 Å². The van der Waals surface area contributed by atoms with Crippen molar-refractivity contribution in [3.63, 3.8) is 0 Å². The van der Waals surface area contributed by atoms with Crippen molar-refractivity contribution in [2.45, 2.75) is 44.4 Å². The lowest BCUT2D eigenvalue weighted by Crippen LogP contribution is -2.34. The van der Waals surface area contributed by atoms with Crippen LogP contribution >= 0.6 is 0 Å². The molecule has 2 aromatic rings. The number of nitrogens with one attached hydrogen (secondary N) is 1. The van der Waals surface area contributed by atoms with E-state index in [0.29, 0.717) is 25.8 Å². The monoisotopic (exact) mass is 383 g/mol. The zero-order valence-electron chi connectivity index (χ0n) is 16.0. The Morgan fingerprint density at radius 3 is 2.96 bits per heavy atom. The number of pyridine rings is 1. The number of amides is 1. The summed E-state index contributed by atoms with van der Waals surface area (Å²) in [6.07, 6.45) is 3.00. The minimum atomic E-state index is -1.38. The Morgan fingerprint density at radius 2 is 2.11 bits per heavy atom. The van der Waals surface area contributed by atoms with Gasteiger partial charge in [0.2, 0.25) is 0 Å². The molecule has 6 heteroatoms. The van der Waals surface area contributed by atoms with Crippen molar-refractivity contribution in [3.8, 4) is 0 Å². The number of likely N-dealkylation sites (tertiary alicyclic amines) is 1. The van der Waals surface area contributed by atoms with Gasteiger partial charge >= 0.3 is 6.09 Å². The van der Waals surface area contributed by atoms with E-state index in [-0.39, 0.29) is 13.2 Å². The third-order valence-corrected chi connectivity index (χ3v) is 5.55. The fraction of sp³-hybridized carbons (Fsp3) is 0.455. The van der Waals surface area contributed by atoms with Crippen molar-refractivity contribution in [2.24, 2.45) is 0 Å². The standard InChI is InChI=1S/C22H26FN3O2/c23-22(11-10-19-9-8-18-7-4-13-24-20(18)25-19)12-14-26(16-22)21(27)28-15-17-5-2-1-3-6-17/h1-3,5-6,8-9H,4,7,10-16H2,(H,24,25). The van der Waals surface area contributed by atoms with Gasteiger partial charge in [0, 0.05) is 25.2 Å². The van der Waals surface area contributed by atoms with Crippen LogP contribution in [0.15, 0.2) is 42.5 Å². The highest BCUT2D eigenvalue weighted by atomic mass is 19.1. The lowest BCUT2D eigenvalue weighted by Gasteiger charge is -2.21. The Bertz CT molecular complexity index is 830. The van der Waals surface area contributed by atoms with Crippen LogP contribution in [0, 0.1) is 0 Å². The molecule has 1 unspecified atom stereocenters. The van der Waals surface area contributed by atoms with Gasteiger partial charge in [-0.25, -0.2) is 14.2 Å². The summed E-state index contributed by atoms with van der Waals surface area (Å²) in [5, 5.41) is 3.32. The van der Waals surface area contributed by atoms with Crippen molar-refractivity contribution < 1.29 is 13.9 Å². The van der Waals surface area contributed by atoms with Gasteiger partial charge in [0.25, 0.3) is 0 Å². The summed E-state index contributed by atoms with van der Waals surface area (Å²) in [6.45, 7) is 1.63. The Labute approximate surface area is 164 Å². The Morgan fingerprint density at radius 1 is 1.25 bits per heavy atom. The first-order chi connectivity index (χ1) is 13.6. The summed E-state index contributed by atoms with van der Waals surface area (Å²) in [4.78, 5) is 18.4. The molecule has 1 fully saturated rings. The molecule has 4 rings (SSSR count). The largest absolute Gasteiger partial charge is 0.445 e. The Hall–Kier alpha value is -2.63. The average molecular weight is 383 g/mol. The van der Waals surface area contributed by atoms with E-state index < -0.39 is 11.8 Å². The van der Waals surface area contributed by atoms with Gasteiger partial charge in [0.15, 0.2) is 0 Å². The number of hydrogen-bond acceptors (Lipinski definition) is 4. The lowest BCUT2D eigenvalue weighted by atomic mass is 9.97. The fourth-order valence-electron chi connectivity index (χ4n) is 3.87. The molecule has 0 saturated carbocycles. The molecule has 0 bridgehead atoms. The predicted octanol–water partition coefficient (Wildman–Crippen LogP) is 4.12. The van der Waals surface area contributed by atoms with Crippen LogP contribution in [0.5, 0.6) is 0 Å². The number of anilines is 1. The molecule has 1 atom stereocenters. The maximum Gasteiger partial charge on any atom is 0.410 e. The molecule has 2 aliphatic heterocycles. The second-order valence-electron chi connectivity index (χ2n) is 7.70.